The SMILES string of the molecule is CN(CC(=O)N/N=C/c1cccnc1)S(=O)(=O)c1ccc2ccccc2c1. The number of amides is 1. The van der Waals surface area contributed by atoms with Crippen molar-refractivity contribution < 1.29 is 13.2 Å². The topological polar surface area (TPSA) is 91.7 Å². The highest BCUT2D eigenvalue weighted by Crippen LogP contribution is 2.21. The van der Waals surface area contributed by atoms with Gasteiger partial charge in [-0.3, -0.25) is 9.78 Å². The standard InChI is InChI=1S/C19H18N4O3S/c1-23(14-19(24)22-21-13-15-5-4-10-20-12-15)27(25,26)18-9-8-16-6-2-3-7-17(16)11-18/h2-13H,14H2,1H3,(H,22,24)/b21-13+. The second-order valence-corrected chi connectivity index (χ2v) is 7.89. The molecule has 0 atom stereocenters. The van der Waals surface area contributed by atoms with Crippen LogP contribution < -0.4 is 5.43 Å². The maximum Gasteiger partial charge on any atom is 0.255 e. The van der Waals surface area contributed by atoms with Crippen molar-refractivity contribution in [3.05, 3.63) is 72.6 Å². The Morgan fingerprint density at radius 3 is 2.67 bits per heavy atom. The lowest BCUT2D eigenvalue weighted by molar-refractivity contribution is -0.121. The lowest BCUT2D eigenvalue weighted by Gasteiger charge is -2.16. The summed E-state index contributed by atoms with van der Waals surface area (Å²) in [5.74, 6) is -0.540. The van der Waals surface area contributed by atoms with Gasteiger partial charge in [-0.2, -0.15) is 9.41 Å². The molecule has 0 aliphatic carbocycles. The number of hydrazone groups is 1. The average molecular weight is 382 g/mol. The summed E-state index contributed by atoms with van der Waals surface area (Å²) in [4.78, 5) is 16.0. The fraction of sp³-hybridized carbons (Fsp3) is 0.105. The third-order valence-corrected chi connectivity index (χ3v) is 5.68. The zero-order valence-electron chi connectivity index (χ0n) is 14.6. The molecular weight excluding hydrogens is 364 g/mol. The molecule has 0 aliphatic rings. The number of hydrogen-bond donors (Lipinski definition) is 1. The van der Waals surface area contributed by atoms with Crippen LogP contribution in [0.4, 0.5) is 0 Å². The van der Waals surface area contributed by atoms with Gasteiger partial charge in [-0.25, -0.2) is 13.8 Å². The van der Waals surface area contributed by atoms with Crippen LogP contribution >= 0.6 is 0 Å². The molecule has 0 fully saturated rings. The van der Waals surface area contributed by atoms with Gasteiger partial charge in [-0.05, 0) is 29.0 Å². The largest absolute Gasteiger partial charge is 0.272 e. The maximum atomic E-state index is 12.7. The zero-order chi connectivity index (χ0) is 19.3. The second kappa shape index (κ2) is 8.07. The number of nitrogens with zero attached hydrogens (tertiary/aromatic N) is 3. The number of nitrogens with one attached hydrogen (secondary N) is 1. The Kier molecular flexibility index (Phi) is 5.58. The quantitative estimate of drug-likeness (QED) is 0.521. The number of benzene rings is 2. The minimum Gasteiger partial charge on any atom is -0.272 e. The van der Waals surface area contributed by atoms with Crippen LogP contribution in [0.3, 0.4) is 0 Å². The van der Waals surface area contributed by atoms with E-state index in [9.17, 15) is 13.2 Å². The Bertz CT molecular complexity index is 1080. The van der Waals surface area contributed by atoms with Gasteiger partial charge in [-0.15, -0.1) is 0 Å². The van der Waals surface area contributed by atoms with Gasteiger partial charge in [0, 0.05) is 25.0 Å². The molecule has 2 aromatic carbocycles. The van der Waals surface area contributed by atoms with Gasteiger partial charge in [0.05, 0.1) is 17.7 Å². The van der Waals surface area contributed by atoms with Crippen LogP contribution in [-0.2, 0) is 14.8 Å². The minimum absolute atomic E-state index is 0.135. The Labute approximate surface area is 157 Å². The van der Waals surface area contributed by atoms with Crippen molar-refractivity contribution in [2.75, 3.05) is 13.6 Å². The van der Waals surface area contributed by atoms with E-state index in [1.54, 1.807) is 36.7 Å². The first-order valence-electron chi connectivity index (χ1n) is 8.14. The normalized spacial score (nSPS) is 11.9. The number of rotatable bonds is 6. The number of carbonyl (C=O) groups is 1. The van der Waals surface area contributed by atoms with Crippen LogP contribution in [0.25, 0.3) is 10.8 Å². The molecule has 0 unspecified atom stereocenters. The number of aromatic nitrogens is 1. The molecule has 1 heterocycles. The summed E-state index contributed by atoms with van der Waals surface area (Å²) in [7, 11) is -2.44. The van der Waals surface area contributed by atoms with E-state index in [1.165, 1.54) is 19.3 Å². The van der Waals surface area contributed by atoms with Crippen molar-refractivity contribution in [1.82, 2.24) is 14.7 Å². The van der Waals surface area contributed by atoms with Crippen molar-refractivity contribution in [2.45, 2.75) is 4.90 Å². The third kappa shape index (κ3) is 4.55. The molecular formula is C19H18N4O3S. The van der Waals surface area contributed by atoms with E-state index in [0.29, 0.717) is 0 Å². The Hall–Kier alpha value is -3.10. The van der Waals surface area contributed by atoms with Crippen LogP contribution in [0.2, 0.25) is 0 Å². The highest BCUT2D eigenvalue weighted by atomic mass is 32.2. The molecule has 0 saturated heterocycles. The van der Waals surface area contributed by atoms with Crippen molar-refractivity contribution in [2.24, 2.45) is 5.10 Å². The van der Waals surface area contributed by atoms with Gasteiger partial charge >= 0.3 is 0 Å². The van der Waals surface area contributed by atoms with Crippen molar-refractivity contribution >= 4 is 32.9 Å². The van der Waals surface area contributed by atoms with Crippen LogP contribution in [0.5, 0.6) is 0 Å². The predicted molar refractivity (Wildman–Crippen MR) is 104 cm³/mol. The molecule has 0 saturated carbocycles. The Balaban J connectivity index is 1.67. The molecule has 0 radical (unpaired) electrons. The van der Waals surface area contributed by atoms with E-state index in [0.717, 1.165) is 20.6 Å². The molecule has 1 aromatic heterocycles. The van der Waals surface area contributed by atoms with Crippen LogP contribution in [0, 0.1) is 0 Å². The lowest BCUT2D eigenvalue weighted by Crippen LogP contribution is -2.36. The number of hydrogen-bond acceptors (Lipinski definition) is 5. The summed E-state index contributed by atoms with van der Waals surface area (Å²) in [6.45, 7) is -0.348. The maximum absolute atomic E-state index is 12.7. The molecule has 3 aromatic rings. The smallest absolute Gasteiger partial charge is 0.255 e. The second-order valence-electron chi connectivity index (χ2n) is 5.85. The molecule has 3 rings (SSSR count). The van der Waals surface area contributed by atoms with E-state index >= 15 is 0 Å². The van der Waals surface area contributed by atoms with E-state index in [-0.39, 0.29) is 11.4 Å². The first-order valence-corrected chi connectivity index (χ1v) is 9.58. The van der Waals surface area contributed by atoms with Gasteiger partial charge in [0.2, 0.25) is 10.0 Å². The Morgan fingerprint density at radius 2 is 1.93 bits per heavy atom. The van der Waals surface area contributed by atoms with Crippen LogP contribution in [-0.4, -0.2) is 43.4 Å². The van der Waals surface area contributed by atoms with Gasteiger partial charge in [0.25, 0.3) is 5.91 Å². The fourth-order valence-corrected chi connectivity index (χ4v) is 3.62. The summed E-state index contributed by atoms with van der Waals surface area (Å²) in [5.41, 5.74) is 3.03. The van der Waals surface area contributed by atoms with Crippen LogP contribution in [0.15, 0.2) is 77.0 Å². The zero-order valence-corrected chi connectivity index (χ0v) is 15.4. The molecule has 1 N–H and O–H groups in total. The molecule has 138 valence electrons. The highest BCUT2D eigenvalue weighted by molar-refractivity contribution is 7.89. The molecule has 0 bridgehead atoms. The van der Waals surface area contributed by atoms with Crippen LogP contribution in [0.1, 0.15) is 5.56 Å². The van der Waals surface area contributed by atoms with E-state index in [1.807, 2.05) is 24.3 Å². The predicted octanol–water partition coefficient (Wildman–Crippen LogP) is 2.01. The number of pyridine rings is 1. The molecule has 7 nitrogen and oxygen atoms in total. The average Bonchev–Trinajstić information content (AvgIpc) is 2.68. The first-order chi connectivity index (χ1) is 13.0. The van der Waals surface area contributed by atoms with E-state index in [2.05, 4.69) is 15.5 Å². The third-order valence-electron chi connectivity index (χ3n) is 3.88. The van der Waals surface area contributed by atoms with Gasteiger partial charge in [0.1, 0.15) is 0 Å². The summed E-state index contributed by atoms with van der Waals surface area (Å²) in [6.07, 6.45) is 4.65. The highest BCUT2D eigenvalue weighted by Gasteiger charge is 2.23. The van der Waals surface area contributed by atoms with Crippen molar-refractivity contribution in [3.63, 3.8) is 0 Å². The summed E-state index contributed by atoms with van der Waals surface area (Å²) in [6, 6.07) is 15.9. The summed E-state index contributed by atoms with van der Waals surface area (Å²) >= 11 is 0. The summed E-state index contributed by atoms with van der Waals surface area (Å²) in [5, 5.41) is 5.57. The number of likely N-dealkylation sites (N-methyl/N-ethyl adjacent to an activating group) is 1. The molecule has 0 spiro atoms. The number of fused-ring (bicyclic) bond motifs is 1. The molecule has 1 amide bonds. The van der Waals surface area contributed by atoms with Crippen molar-refractivity contribution in [3.8, 4) is 0 Å². The van der Waals surface area contributed by atoms with E-state index in [4.69, 9.17) is 0 Å². The first kappa shape index (κ1) is 18.7. The van der Waals surface area contributed by atoms with Crippen molar-refractivity contribution in [1.29, 1.82) is 0 Å². The number of sulfonamides is 1. The molecule has 8 heteroatoms. The number of carbonyl (C=O) groups excluding carboxylic acids is 1. The minimum atomic E-state index is -3.79. The Morgan fingerprint density at radius 1 is 1.15 bits per heavy atom. The lowest BCUT2D eigenvalue weighted by atomic mass is 10.1. The monoisotopic (exact) mass is 382 g/mol. The summed E-state index contributed by atoms with van der Waals surface area (Å²) < 4.78 is 26.4. The molecule has 27 heavy (non-hydrogen) atoms. The molecule has 0 aliphatic heterocycles. The van der Waals surface area contributed by atoms with E-state index < -0.39 is 15.9 Å². The van der Waals surface area contributed by atoms with Gasteiger partial charge in [0.15, 0.2) is 0 Å². The van der Waals surface area contributed by atoms with Gasteiger partial charge in [-0.1, -0.05) is 36.4 Å². The van der Waals surface area contributed by atoms with Gasteiger partial charge < -0.3 is 0 Å². The fourth-order valence-electron chi connectivity index (χ4n) is 2.46.